The number of nitrogens with zero attached hydrogens (tertiary/aromatic N) is 2. The lowest BCUT2D eigenvalue weighted by Crippen LogP contribution is -2.27. The topological polar surface area (TPSA) is 66.1 Å². The normalized spacial score (nSPS) is 12.4. The zero-order valence-electron chi connectivity index (χ0n) is 8.83. The van der Waals surface area contributed by atoms with Crippen LogP contribution in [0.3, 0.4) is 0 Å². The molecule has 0 aliphatic rings. The molecule has 0 aliphatic heterocycles. The van der Waals surface area contributed by atoms with Gasteiger partial charge in [-0.05, 0) is 13.8 Å². The zero-order valence-corrected chi connectivity index (χ0v) is 9.64. The molecule has 6 heteroatoms. The Bertz CT molecular complexity index is 402. The van der Waals surface area contributed by atoms with E-state index in [2.05, 4.69) is 10.2 Å². The molecule has 14 heavy (non-hydrogen) atoms. The second kappa shape index (κ2) is 3.70. The monoisotopic (exact) mass is 217 g/mol. The first-order valence-electron chi connectivity index (χ1n) is 4.39. The van der Waals surface area contributed by atoms with Crippen LogP contribution in [-0.4, -0.2) is 36.5 Å². The highest BCUT2D eigenvalue weighted by Crippen LogP contribution is 2.19. The summed E-state index contributed by atoms with van der Waals surface area (Å²) < 4.78 is 25.2. The molecule has 0 aromatic carbocycles. The molecule has 0 unspecified atom stereocenters. The standard InChI is InChI=1S/C8H15N3O2S/c1-5-11(4)14(12,13)8-6(2)9-10-7(8)3/h5H2,1-4H3,(H,9,10). The average molecular weight is 217 g/mol. The number of rotatable bonds is 3. The Kier molecular flexibility index (Phi) is 2.96. The Morgan fingerprint density at radius 2 is 2.00 bits per heavy atom. The van der Waals surface area contributed by atoms with E-state index in [1.165, 1.54) is 4.31 Å². The molecule has 80 valence electrons. The molecule has 1 rings (SSSR count). The number of aryl methyl sites for hydroxylation is 2. The third-order valence-corrected chi connectivity index (χ3v) is 4.37. The van der Waals surface area contributed by atoms with E-state index in [-0.39, 0.29) is 0 Å². The predicted octanol–water partition coefficient (Wildman–Crippen LogP) is 0.667. The first-order chi connectivity index (χ1) is 6.41. The van der Waals surface area contributed by atoms with Crippen molar-refractivity contribution >= 4 is 10.0 Å². The molecule has 0 spiro atoms. The molecule has 5 nitrogen and oxygen atoms in total. The summed E-state index contributed by atoms with van der Waals surface area (Å²) in [5.74, 6) is 0. The number of aromatic nitrogens is 2. The fourth-order valence-electron chi connectivity index (χ4n) is 1.25. The molecule has 1 N–H and O–H groups in total. The van der Waals surface area contributed by atoms with Crippen molar-refractivity contribution in [3.63, 3.8) is 0 Å². The summed E-state index contributed by atoms with van der Waals surface area (Å²) in [4.78, 5) is 0.293. The molecule has 0 radical (unpaired) electrons. The Morgan fingerprint density at radius 3 is 2.36 bits per heavy atom. The molecule has 0 atom stereocenters. The largest absolute Gasteiger partial charge is 0.281 e. The third kappa shape index (κ3) is 1.67. The van der Waals surface area contributed by atoms with Gasteiger partial charge in [-0.25, -0.2) is 12.7 Å². The lowest BCUT2D eigenvalue weighted by Gasteiger charge is -2.14. The Labute approximate surface area is 84.2 Å². The van der Waals surface area contributed by atoms with Crippen LogP contribution in [0.2, 0.25) is 0 Å². The molecule has 0 amide bonds. The van der Waals surface area contributed by atoms with Crippen LogP contribution in [0.25, 0.3) is 0 Å². The first-order valence-corrected chi connectivity index (χ1v) is 5.83. The van der Waals surface area contributed by atoms with Crippen LogP contribution in [0.4, 0.5) is 0 Å². The van der Waals surface area contributed by atoms with Crippen LogP contribution < -0.4 is 0 Å². The summed E-state index contributed by atoms with van der Waals surface area (Å²) >= 11 is 0. The quantitative estimate of drug-likeness (QED) is 0.809. The van der Waals surface area contributed by atoms with E-state index in [0.717, 1.165) is 0 Å². The van der Waals surface area contributed by atoms with Gasteiger partial charge in [0.1, 0.15) is 4.90 Å². The first kappa shape index (κ1) is 11.2. The molecular weight excluding hydrogens is 202 g/mol. The highest BCUT2D eigenvalue weighted by molar-refractivity contribution is 7.89. The van der Waals surface area contributed by atoms with Gasteiger partial charge in [-0.15, -0.1) is 0 Å². The van der Waals surface area contributed by atoms with E-state index in [1.807, 2.05) is 0 Å². The minimum Gasteiger partial charge on any atom is -0.281 e. The van der Waals surface area contributed by atoms with Crippen molar-refractivity contribution in [3.05, 3.63) is 11.4 Å². The molecule has 1 heterocycles. The Balaban J connectivity index is 3.30. The van der Waals surface area contributed by atoms with Gasteiger partial charge in [-0.2, -0.15) is 5.10 Å². The van der Waals surface area contributed by atoms with Crippen LogP contribution in [-0.2, 0) is 10.0 Å². The van der Waals surface area contributed by atoms with Gasteiger partial charge < -0.3 is 0 Å². The minimum atomic E-state index is -3.37. The van der Waals surface area contributed by atoms with E-state index < -0.39 is 10.0 Å². The fraction of sp³-hybridized carbons (Fsp3) is 0.625. The van der Waals surface area contributed by atoms with E-state index in [1.54, 1.807) is 27.8 Å². The molecule has 1 aromatic rings. The van der Waals surface area contributed by atoms with Gasteiger partial charge in [-0.1, -0.05) is 6.92 Å². The summed E-state index contributed by atoms with van der Waals surface area (Å²) in [7, 11) is -1.81. The van der Waals surface area contributed by atoms with Crippen LogP contribution in [0.1, 0.15) is 18.3 Å². The van der Waals surface area contributed by atoms with Crippen LogP contribution in [0.5, 0.6) is 0 Å². The fourth-order valence-corrected chi connectivity index (χ4v) is 2.75. The summed E-state index contributed by atoms with van der Waals surface area (Å²) in [5.41, 5.74) is 1.10. The van der Waals surface area contributed by atoms with E-state index >= 15 is 0 Å². The number of hydrogen-bond donors (Lipinski definition) is 1. The van der Waals surface area contributed by atoms with Crippen molar-refractivity contribution in [1.82, 2.24) is 14.5 Å². The van der Waals surface area contributed by atoms with Crippen LogP contribution >= 0.6 is 0 Å². The predicted molar refractivity (Wildman–Crippen MR) is 53.6 cm³/mol. The van der Waals surface area contributed by atoms with Crippen LogP contribution in [0.15, 0.2) is 4.90 Å². The maximum Gasteiger partial charge on any atom is 0.246 e. The number of sulfonamides is 1. The highest BCUT2D eigenvalue weighted by atomic mass is 32.2. The Morgan fingerprint density at radius 1 is 1.43 bits per heavy atom. The number of nitrogens with one attached hydrogen (secondary N) is 1. The van der Waals surface area contributed by atoms with E-state index in [9.17, 15) is 8.42 Å². The van der Waals surface area contributed by atoms with Crippen molar-refractivity contribution in [3.8, 4) is 0 Å². The summed E-state index contributed by atoms with van der Waals surface area (Å²) in [6.45, 7) is 5.63. The molecule has 0 saturated carbocycles. The minimum absolute atomic E-state index is 0.293. The molecule has 1 aromatic heterocycles. The van der Waals surface area contributed by atoms with E-state index in [4.69, 9.17) is 0 Å². The molecule has 0 aliphatic carbocycles. The smallest absolute Gasteiger partial charge is 0.246 e. The maximum absolute atomic E-state index is 11.9. The zero-order chi connectivity index (χ0) is 10.9. The van der Waals surface area contributed by atoms with Gasteiger partial charge in [0, 0.05) is 13.6 Å². The van der Waals surface area contributed by atoms with Crippen molar-refractivity contribution in [2.24, 2.45) is 0 Å². The average Bonchev–Trinajstić information content (AvgIpc) is 2.44. The van der Waals surface area contributed by atoms with Crippen LogP contribution in [0, 0.1) is 13.8 Å². The van der Waals surface area contributed by atoms with Crippen molar-refractivity contribution in [2.45, 2.75) is 25.7 Å². The third-order valence-electron chi connectivity index (χ3n) is 2.17. The molecule has 0 saturated heterocycles. The van der Waals surface area contributed by atoms with Crippen molar-refractivity contribution in [2.75, 3.05) is 13.6 Å². The summed E-state index contributed by atoms with van der Waals surface area (Å²) in [5, 5.41) is 6.53. The molecular formula is C8H15N3O2S. The van der Waals surface area contributed by atoms with Gasteiger partial charge in [0.2, 0.25) is 10.0 Å². The Hall–Kier alpha value is -0.880. The van der Waals surface area contributed by atoms with Crippen molar-refractivity contribution in [1.29, 1.82) is 0 Å². The number of aromatic amines is 1. The molecule has 0 fully saturated rings. The number of hydrogen-bond acceptors (Lipinski definition) is 3. The summed E-state index contributed by atoms with van der Waals surface area (Å²) in [6.07, 6.45) is 0. The van der Waals surface area contributed by atoms with E-state index in [0.29, 0.717) is 22.8 Å². The SMILES string of the molecule is CCN(C)S(=O)(=O)c1c(C)n[nH]c1C. The van der Waals surface area contributed by atoms with Crippen molar-refractivity contribution < 1.29 is 8.42 Å². The maximum atomic E-state index is 11.9. The van der Waals surface area contributed by atoms with Gasteiger partial charge in [-0.3, -0.25) is 5.10 Å². The second-order valence-electron chi connectivity index (χ2n) is 3.18. The van der Waals surface area contributed by atoms with Gasteiger partial charge >= 0.3 is 0 Å². The van der Waals surface area contributed by atoms with Gasteiger partial charge in [0.05, 0.1) is 11.4 Å². The second-order valence-corrected chi connectivity index (χ2v) is 5.16. The lowest BCUT2D eigenvalue weighted by atomic mass is 10.4. The van der Waals surface area contributed by atoms with Gasteiger partial charge in [0.15, 0.2) is 0 Å². The summed E-state index contributed by atoms with van der Waals surface area (Å²) in [6, 6.07) is 0. The lowest BCUT2D eigenvalue weighted by molar-refractivity contribution is 0.485. The molecule has 0 bridgehead atoms. The van der Waals surface area contributed by atoms with Gasteiger partial charge in [0.25, 0.3) is 0 Å². The highest BCUT2D eigenvalue weighted by Gasteiger charge is 2.25. The number of H-pyrrole nitrogens is 1.